The van der Waals surface area contributed by atoms with Gasteiger partial charge >= 0.3 is 0 Å². The van der Waals surface area contributed by atoms with Crippen molar-refractivity contribution >= 4 is 34.7 Å². The zero-order valence-corrected chi connectivity index (χ0v) is 17.3. The number of hydrogen-bond donors (Lipinski definition) is 2. The maximum absolute atomic E-state index is 13.9. The Kier molecular flexibility index (Phi) is 4.32. The van der Waals surface area contributed by atoms with Crippen molar-refractivity contribution in [3.63, 3.8) is 0 Å². The number of nitrogens with two attached hydrogens (primary N) is 1. The maximum Gasteiger partial charge on any atom is 0.252 e. The third-order valence-electron chi connectivity index (χ3n) is 6.39. The SMILES string of the molecule is Nc1c2ccc(=O)n(C3CCNCC3)c2nc2c(-c3cnc4c(c3)=CC(F)CC=4)cnn12. The molecule has 1 saturated heterocycles. The van der Waals surface area contributed by atoms with E-state index in [0.717, 1.165) is 47.6 Å². The zero-order valence-electron chi connectivity index (χ0n) is 17.3. The van der Waals surface area contributed by atoms with E-state index < -0.39 is 6.17 Å². The lowest BCUT2D eigenvalue weighted by molar-refractivity contribution is 0.368. The van der Waals surface area contributed by atoms with Crippen LogP contribution >= 0.6 is 0 Å². The quantitative estimate of drug-likeness (QED) is 0.489. The second-order valence-electron chi connectivity index (χ2n) is 8.37. The summed E-state index contributed by atoms with van der Waals surface area (Å²) >= 11 is 0. The third kappa shape index (κ3) is 2.92. The number of anilines is 1. The third-order valence-corrected chi connectivity index (χ3v) is 6.39. The largest absolute Gasteiger partial charge is 0.383 e. The van der Waals surface area contributed by atoms with Crippen molar-refractivity contribution in [3.8, 4) is 11.1 Å². The highest BCUT2D eigenvalue weighted by Gasteiger charge is 2.22. The number of nitrogens with zero attached hydrogens (tertiary/aromatic N) is 5. The first-order chi connectivity index (χ1) is 15.6. The van der Waals surface area contributed by atoms with Gasteiger partial charge in [0.1, 0.15) is 17.6 Å². The molecule has 8 nitrogen and oxygen atoms in total. The normalized spacial score (nSPS) is 19.0. The van der Waals surface area contributed by atoms with Crippen LogP contribution in [0.2, 0.25) is 0 Å². The Bertz CT molecular complexity index is 1550. The predicted octanol–water partition coefficient (Wildman–Crippen LogP) is 0.916. The molecule has 0 saturated carbocycles. The summed E-state index contributed by atoms with van der Waals surface area (Å²) < 4.78 is 17.2. The fourth-order valence-corrected chi connectivity index (χ4v) is 4.75. The van der Waals surface area contributed by atoms with Crippen LogP contribution in [0.5, 0.6) is 0 Å². The van der Waals surface area contributed by atoms with Crippen LogP contribution in [0.25, 0.3) is 40.0 Å². The number of pyridine rings is 2. The summed E-state index contributed by atoms with van der Waals surface area (Å²) in [6, 6.07) is 5.22. The molecule has 0 spiro atoms. The van der Waals surface area contributed by atoms with Gasteiger partial charge in [0.2, 0.25) is 0 Å². The Morgan fingerprint density at radius 2 is 2.00 bits per heavy atom. The predicted molar refractivity (Wildman–Crippen MR) is 121 cm³/mol. The van der Waals surface area contributed by atoms with E-state index in [4.69, 9.17) is 10.7 Å². The number of hydrogen-bond acceptors (Lipinski definition) is 6. The van der Waals surface area contributed by atoms with E-state index in [1.807, 2.05) is 6.07 Å². The first-order valence-electron chi connectivity index (χ1n) is 10.8. The van der Waals surface area contributed by atoms with Crippen molar-refractivity contribution in [2.45, 2.75) is 31.5 Å². The molecule has 1 atom stereocenters. The van der Waals surface area contributed by atoms with E-state index in [1.165, 1.54) is 0 Å². The highest BCUT2D eigenvalue weighted by Crippen LogP contribution is 2.29. The number of nitrogens with one attached hydrogen (secondary N) is 1. The molecule has 5 heterocycles. The van der Waals surface area contributed by atoms with E-state index in [0.29, 0.717) is 28.9 Å². The zero-order chi connectivity index (χ0) is 21.8. The number of alkyl halides is 1. The lowest BCUT2D eigenvalue weighted by Gasteiger charge is -2.25. The van der Waals surface area contributed by atoms with Gasteiger partial charge in [-0.1, -0.05) is 6.08 Å². The van der Waals surface area contributed by atoms with Gasteiger partial charge in [-0.3, -0.25) is 14.3 Å². The maximum atomic E-state index is 13.9. The number of piperidine rings is 1. The summed E-state index contributed by atoms with van der Waals surface area (Å²) in [4.78, 5) is 22.2. The molecule has 0 aromatic carbocycles. The number of halogens is 1. The number of fused-ring (bicyclic) bond motifs is 3. The van der Waals surface area contributed by atoms with E-state index in [1.54, 1.807) is 45.8 Å². The molecular formula is C23H22FN7O. The summed E-state index contributed by atoms with van der Waals surface area (Å²) in [6.45, 7) is 1.71. The van der Waals surface area contributed by atoms with E-state index >= 15 is 0 Å². The molecule has 6 rings (SSSR count). The molecule has 2 aliphatic rings. The first-order valence-corrected chi connectivity index (χ1v) is 10.8. The average molecular weight is 431 g/mol. The van der Waals surface area contributed by atoms with Crippen molar-refractivity contribution in [2.75, 3.05) is 18.8 Å². The van der Waals surface area contributed by atoms with Crippen LogP contribution in [0, 0.1) is 0 Å². The lowest BCUT2D eigenvalue weighted by atomic mass is 10.1. The van der Waals surface area contributed by atoms with Gasteiger partial charge in [-0.25, -0.2) is 9.37 Å². The smallest absolute Gasteiger partial charge is 0.252 e. The van der Waals surface area contributed by atoms with Crippen LogP contribution in [0.3, 0.4) is 0 Å². The van der Waals surface area contributed by atoms with Gasteiger partial charge in [-0.2, -0.15) is 9.61 Å². The van der Waals surface area contributed by atoms with Crippen molar-refractivity contribution in [1.29, 1.82) is 0 Å². The Morgan fingerprint density at radius 3 is 2.84 bits per heavy atom. The molecule has 1 aliphatic heterocycles. The van der Waals surface area contributed by atoms with Gasteiger partial charge in [0.25, 0.3) is 5.56 Å². The highest BCUT2D eigenvalue weighted by molar-refractivity contribution is 5.91. The molecule has 9 heteroatoms. The van der Waals surface area contributed by atoms with Crippen LogP contribution in [-0.4, -0.2) is 43.4 Å². The lowest BCUT2D eigenvalue weighted by Crippen LogP contribution is -2.34. The van der Waals surface area contributed by atoms with E-state index in [9.17, 15) is 9.18 Å². The molecule has 162 valence electrons. The van der Waals surface area contributed by atoms with Crippen LogP contribution in [0.1, 0.15) is 25.3 Å². The molecule has 32 heavy (non-hydrogen) atoms. The highest BCUT2D eigenvalue weighted by atomic mass is 19.1. The van der Waals surface area contributed by atoms with Gasteiger partial charge in [0.15, 0.2) is 5.65 Å². The summed E-state index contributed by atoms with van der Waals surface area (Å²) in [5.41, 5.74) is 9.00. The van der Waals surface area contributed by atoms with Crippen molar-refractivity contribution in [2.24, 2.45) is 0 Å². The molecule has 4 aromatic heterocycles. The Labute approximate surface area is 181 Å². The standard InChI is InChI=1S/C23H22FN7O/c24-15-1-3-19-13(10-15)9-14(11-27-19)18-12-28-31-21(25)17-2-4-20(32)30(22(17)29-23(18)31)16-5-7-26-8-6-16/h2-4,9-12,15-16,26H,1,5-8,25H2. The Hall–Kier alpha value is -3.59. The minimum Gasteiger partial charge on any atom is -0.383 e. The second kappa shape index (κ2) is 7.23. The van der Waals surface area contributed by atoms with Gasteiger partial charge in [-0.05, 0) is 49.4 Å². The van der Waals surface area contributed by atoms with Crippen LogP contribution in [0.4, 0.5) is 10.2 Å². The monoisotopic (exact) mass is 431 g/mol. The van der Waals surface area contributed by atoms with Crippen molar-refractivity contribution < 1.29 is 4.39 Å². The summed E-state index contributed by atoms with van der Waals surface area (Å²) in [5.74, 6) is 0.425. The fraction of sp³-hybridized carbons (Fsp3) is 0.304. The minimum absolute atomic E-state index is 0.0604. The van der Waals surface area contributed by atoms with Crippen molar-refractivity contribution in [3.05, 3.63) is 51.5 Å². The molecule has 0 amide bonds. The van der Waals surface area contributed by atoms with E-state index in [2.05, 4.69) is 15.4 Å². The van der Waals surface area contributed by atoms with Crippen LogP contribution < -0.4 is 27.2 Å². The Balaban J connectivity index is 1.61. The molecular weight excluding hydrogens is 409 g/mol. The van der Waals surface area contributed by atoms with Crippen LogP contribution in [0.15, 0.2) is 35.4 Å². The second-order valence-corrected chi connectivity index (χ2v) is 8.37. The Morgan fingerprint density at radius 1 is 1.16 bits per heavy atom. The summed E-state index contributed by atoms with van der Waals surface area (Å²) in [7, 11) is 0. The molecule has 1 unspecified atom stereocenters. The summed E-state index contributed by atoms with van der Waals surface area (Å²) in [6.07, 6.45) is 7.85. The first kappa shape index (κ1) is 19.1. The molecule has 0 radical (unpaired) electrons. The van der Waals surface area contributed by atoms with Gasteiger partial charge in [-0.15, -0.1) is 0 Å². The fourth-order valence-electron chi connectivity index (χ4n) is 4.75. The molecule has 1 fully saturated rings. The van der Waals surface area contributed by atoms with E-state index in [-0.39, 0.29) is 11.6 Å². The molecule has 1 aliphatic carbocycles. The van der Waals surface area contributed by atoms with Gasteiger partial charge < -0.3 is 11.1 Å². The van der Waals surface area contributed by atoms with Gasteiger partial charge in [0, 0.05) is 35.9 Å². The minimum atomic E-state index is -1.01. The average Bonchev–Trinajstić information content (AvgIpc) is 3.23. The molecule has 0 bridgehead atoms. The van der Waals surface area contributed by atoms with Crippen LogP contribution in [-0.2, 0) is 0 Å². The number of rotatable bonds is 2. The molecule has 3 N–H and O–H groups in total. The van der Waals surface area contributed by atoms with Crippen molar-refractivity contribution in [1.82, 2.24) is 29.5 Å². The van der Waals surface area contributed by atoms with Gasteiger partial charge in [0.05, 0.1) is 16.9 Å². The number of aromatic nitrogens is 5. The number of nitrogen functional groups attached to an aromatic ring is 1. The molecule has 4 aromatic rings. The summed E-state index contributed by atoms with van der Waals surface area (Å²) in [5, 5.41) is 10.00. The topological polar surface area (TPSA) is 103 Å².